The first-order chi connectivity index (χ1) is 19.0. The van der Waals surface area contributed by atoms with Crippen molar-refractivity contribution in [2.24, 2.45) is 5.92 Å². The van der Waals surface area contributed by atoms with Crippen LogP contribution in [0.2, 0.25) is 0 Å². The van der Waals surface area contributed by atoms with Gasteiger partial charge >= 0.3 is 12.4 Å². The molecule has 6 nitrogen and oxygen atoms in total. The van der Waals surface area contributed by atoms with E-state index in [9.17, 15) is 39.6 Å². The molecular formula is C27H27F6N3O3S2. The number of sulfone groups is 1. The summed E-state index contributed by atoms with van der Waals surface area (Å²) >= 11 is 1.20. The maximum Gasteiger partial charge on any atom is 0.416 e. The van der Waals surface area contributed by atoms with Gasteiger partial charge in [-0.25, -0.2) is 13.4 Å². The lowest BCUT2D eigenvalue weighted by molar-refractivity contribution is -0.143. The van der Waals surface area contributed by atoms with E-state index < -0.39 is 33.3 Å². The zero-order valence-electron chi connectivity index (χ0n) is 22.2. The number of rotatable bonds is 8. The third kappa shape index (κ3) is 7.09. The van der Waals surface area contributed by atoms with Crippen LogP contribution in [-0.4, -0.2) is 30.0 Å². The minimum atomic E-state index is -4.93. The summed E-state index contributed by atoms with van der Waals surface area (Å²) in [5, 5.41) is 3.06. The van der Waals surface area contributed by atoms with Crippen molar-refractivity contribution in [3.05, 3.63) is 75.3 Å². The maximum atomic E-state index is 13.3. The van der Waals surface area contributed by atoms with E-state index in [-0.39, 0.29) is 59.7 Å². The summed E-state index contributed by atoms with van der Waals surface area (Å²) in [4.78, 5) is 19.9. The third-order valence-corrected chi connectivity index (χ3v) is 9.41. The molecule has 0 saturated heterocycles. The summed E-state index contributed by atoms with van der Waals surface area (Å²) in [6, 6.07) is 7.23. The Morgan fingerprint density at radius 3 is 2.12 bits per heavy atom. The van der Waals surface area contributed by atoms with Gasteiger partial charge in [-0.05, 0) is 47.4 Å². The predicted molar refractivity (Wildman–Crippen MR) is 142 cm³/mol. The molecule has 1 unspecified atom stereocenters. The summed E-state index contributed by atoms with van der Waals surface area (Å²) in [5.74, 6) is -0.483. The van der Waals surface area contributed by atoms with Crippen LogP contribution >= 0.6 is 11.3 Å². The Balaban J connectivity index is 1.49. The molecule has 14 heteroatoms. The van der Waals surface area contributed by atoms with Gasteiger partial charge in [0.05, 0.1) is 39.9 Å². The number of hydrogen-bond donors (Lipinski definition) is 1. The average Bonchev–Trinajstić information content (AvgIpc) is 3.39. The summed E-state index contributed by atoms with van der Waals surface area (Å²) in [6.45, 7) is 5.39. The van der Waals surface area contributed by atoms with Crippen molar-refractivity contribution in [1.29, 1.82) is 0 Å². The Bertz CT molecular complexity index is 1500. The fourth-order valence-electron chi connectivity index (χ4n) is 4.78. The molecule has 0 aliphatic carbocycles. The summed E-state index contributed by atoms with van der Waals surface area (Å²) in [5.41, 5.74) is -1.60. The highest BCUT2D eigenvalue weighted by atomic mass is 32.2. The monoisotopic (exact) mass is 619 g/mol. The number of thiazole rings is 1. The molecule has 1 amide bonds. The van der Waals surface area contributed by atoms with Gasteiger partial charge in [0.15, 0.2) is 15.0 Å². The predicted octanol–water partition coefficient (Wildman–Crippen LogP) is 6.87. The topological polar surface area (TPSA) is 79.4 Å². The molecule has 1 aliphatic rings. The van der Waals surface area contributed by atoms with Gasteiger partial charge in [-0.2, -0.15) is 26.3 Å². The number of nitrogens with zero attached hydrogens (tertiary/aromatic N) is 2. The minimum absolute atomic E-state index is 0.0203. The first-order valence-electron chi connectivity index (χ1n) is 12.6. The van der Waals surface area contributed by atoms with Crippen LogP contribution in [-0.2, 0) is 46.5 Å². The Labute approximate surface area is 237 Å². The third-order valence-electron chi connectivity index (χ3n) is 6.69. The van der Waals surface area contributed by atoms with Gasteiger partial charge in [0.25, 0.3) is 0 Å². The van der Waals surface area contributed by atoms with Gasteiger partial charge in [-0.1, -0.05) is 32.9 Å². The van der Waals surface area contributed by atoms with Crippen LogP contribution in [0, 0.1) is 5.92 Å². The van der Waals surface area contributed by atoms with Gasteiger partial charge in [0.1, 0.15) is 0 Å². The normalized spacial score (nSPS) is 16.3. The largest absolute Gasteiger partial charge is 0.416 e. The number of anilines is 1. The molecule has 0 saturated carbocycles. The second-order valence-electron chi connectivity index (χ2n) is 10.1. The van der Waals surface area contributed by atoms with Crippen LogP contribution < -0.4 is 5.32 Å². The van der Waals surface area contributed by atoms with Gasteiger partial charge in [-0.3, -0.25) is 9.69 Å². The molecule has 41 heavy (non-hydrogen) atoms. The zero-order valence-corrected chi connectivity index (χ0v) is 23.9. The van der Waals surface area contributed by atoms with E-state index in [1.165, 1.54) is 23.5 Å². The highest BCUT2D eigenvalue weighted by Crippen LogP contribution is 2.44. The Hall–Kier alpha value is -2.97. The molecular weight excluding hydrogens is 592 g/mol. The number of benzene rings is 2. The van der Waals surface area contributed by atoms with Crippen LogP contribution in [0.3, 0.4) is 0 Å². The molecule has 2 heterocycles. The Morgan fingerprint density at radius 1 is 1.02 bits per heavy atom. The van der Waals surface area contributed by atoms with Gasteiger partial charge in [-0.15, -0.1) is 11.3 Å². The summed E-state index contributed by atoms with van der Waals surface area (Å²) in [6.07, 6.45) is -9.88. The average molecular weight is 620 g/mol. The van der Waals surface area contributed by atoms with E-state index in [0.29, 0.717) is 16.4 Å². The lowest BCUT2D eigenvalue weighted by Crippen LogP contribution is -2.26. The van der Waals surface area contributed by atoms with E-state index in [0.717, 1.165) is 17.0 Å². The Morgan fingerprint density at radius 2 is 1.61 bits per heavy atom. The molecule has 222 valence electrons. The van der Waals surface area contributed by atoms with Crippen LogP contribution in [0.4, 0.5) is 31.5 Å². The molecule has 3 aromatic rings. The number of hydrogen-bond acceptors (Lipinski definition) is 6. The number of fused-ring (bicyclic) bond motifs is 1. The van der Waals surface area contributed by atoms with Crippen LogP contribution in [0.15, 0.2) is 47.4 Å². The fraction of sp³-hybridized carbons (Fsp3) is 0.407. The van der Waals surface area contributed by atoms with Crippen molar-refractivity contribution >= 4 is 32.2 Å². The fourth-order valence-corrected chi connectivity index (χ4v) is 6.71. The molecule has 1 aliphatic heterocycles. The number of halogens is 6. The number of aromatic nitrogens is 1. The molecule has 1 aromatic heterocycles. The van der Waals surface area contributed by atoms with Gasteiger partial charge in [0, 0.05) is 18.0 Å². The molecule has 4 rings (SSSR count). The second-order valence-corrected chi connectivity index (χ2v) is 13.5. The molecule has 0 fully saturated rings. The van der Waals surface area contributed by atoms with Crippen molar-refractivity contribution in [2.45, 2.75) is 63.6 Å². The standard InChI is InChI=1S/C27H27F6N3O3S2/c1-4-41(38,39)20-7-5-16(6-8-20)11-22(37)34-25-35-23-21(40-25)14-36(24(23)15(2)3)13-17-9-18(26(28,29)30)12-19(10-17)27(31,32)33/h5-10,12,15,24H,4,11,13-14H2,1-3H3,(H,34,35,37). The van der Waals surface area contributed by atoms with Crippen molar-refractivity contribution in [1.82, 2.24) is 9.88 Å². The van der Waals surface area contributed by atoms with Gasteiger partial charge in [0.2, 0.25) is 5.91 Å². The molecule has 2 aromatic carbocycles. The smallest absolute Gasteiger partial charge is 0.302 e. The number of alkyl halides is 6. The minimum Gasteiger partial charge on any atom is -0.302 e. The second kappa shape index (κ2) is 11.4. The molecule has 1 N–H and O–H groups in total. The number of carbonyl (C=O) groups excluding carboxylic acids is 1. The molecule has 0 radical (unpaired) electrons. The number of nitrogens with one attached hydrogen (secondary N) is 1. The van der Waals surface area contributed by atoms with Crippen LogP contribution in [0.25, 0.3) is 0 Å². The first-order valence-corrected chi connectivity index (χ1v) is 15.1. The van der Waals surface area contributed by atoms with Crippen molar-refractivity contribution in [3.8, 4) is 0 Å². The first kappa shape index (κ1) is 31.0. The number of amides is 1. The quantitative estimate of drug-likeness (QED) is 0.279. The lowest BCUT2D eigenvalue weighted by atomic mass is 10.00. The van der Waals surface area contributed by atoms with Gasteiger partial charge < -0.3 is 5.32 Å². The highest BCUT2D eigenvalue weighted by Gasteiger charge is 2.39. The van der Waals surface area contributed by atoms with Crippen LogP contribution in [0.5, 0.6) is 0 Å². The van der Waals surface area contributed by atoms with Crippen molar-refractivity contribution in [2.75, 3.05) is 11.1 Å². The lowest BCUT2D eigenvalue weighted by Gasteiger charge is -2.28. The van der Waals surface area contributed by atoms with E-state index in [2.05, 4.69) is 10.3 Å². The zero-order chi connectivity index (χ0) is 30.3. The SMILES string of the molecule is CCS(=O)(=O)c1ccc(CC(=O)Nc2nc3c(s2)CN(Cc2cc(C(F)(F)F)cc(C(F)(F)F)c2)C3C(C)C)cc1. The number of carbonyl (C=O) groups is 1. The molecule has 0 bridgehead atoms. The highest BCUT2D eigenvalue weighted by molar-refractivity contribution is 7.91. The molecule has 1 atom stereocenters. The van der Waals surface area contributed by atoms with Crippen molar-refractivity contribution in [3.63, 3.8) is 0 Å². The van der Waals surface area contributed by atoms with E-state index in [1.807, 2.05) is 13.8 Å². The van der Waals surface area contributed by atoms with Crippen molar-refractivity contribution < 1.29 is 39.6 Å². The van der Waals surface area contributed by atoms with E-state index in [4.69, 9.17) is 0 Å². The maximum absolute atomic E-state index is 13.3. The Kier molecular flexibility index (Phi) is 8.59. The van der Waals surface area contributed by atoms with E-state index >= 15 is 0 Å². The van der Waals surface area contributed by atoms with Crippen LogP contribution in [0.1, 0.15) is 59.6 Å². The summed E-state index contributed by atoms with van der Waals surface area (Å²) < 4.78 is 104. The van der Waals surface area contributed by atoms with E-state index in [1.54, 1.807) is 24.0 Å². The molecule has 0 spiro atoms. The summed E-state index contributed by atoms with van der Waals surface area (Å²) in [7, 11) is -3.36.